The maximum atomic E-state index is 10.1. The number of aliphatic hydroxyl groups excluding tert-OH is 4. The molecule has 0 unspecified atom stereocenters. The first-order valence-corrected chi connectivity index (χ1v) is 3.71. The van der Waals surface area contributed by atoms with Crippen LogP contribution < -0.4 is 0 Å². The van der Waals surface area contributed by atoms with Crippen LogP contribution in [0.2, 0.25) is 0 Å². The van der Waals surface area contributed by atoms with Gasteiger partial charge in [-0.3, -0.25) is 0 Å². The van der Waals surface area contributed by atoms with Crippen molar-refractivity contribution in [1.82, 2.24) is 0 Å². The molecule has 4 N–H and O–H groups in total. The first kappa shape index (κ1) is 12.5. The van der Waals surface area contributed by atoms with E-state index in [1.54, 1.807) is 0 Å². The van der Waals surface area contributed by atoms with Gasteiger partial charge in [0.05, 0.1) is 6.61 Å². The van der Waals surface area contributed by atoms with E-state index in [0.717, 1.165) is 0 Å². The van der Waals surface area contributed by atoms with Gasteiger partial charge < -0.3 is 30.0 Å². The molecule has 4 atom stereocenters. The summed E-state index contributed by atoms with van der Waals surface area (Å²) in [6, 6.07) is 0. The van der Waals surface area contributed by atoms with Gasteiger partial charge in [-0.2, -0.15) is 0 Å². The van der Waals surface area contributed by atoms with Crippen LogP contribution >= 0.6 is 0 Å². The van der Waals surface area contributed by atoms with Crippen molar-refractivity contribution in [3.63, 3.8) is 0 Å². The highest BCUT2D eigenvalue weighted by molar-refractivity contribution is 5.56. The minimum absolute atomic E-state index is 0.182. The van der Waals surface area contributed by atoms with Crippen molar-refractivity contribution in [2.75, 3.05) is 13.7 Å². The van der Waals surface area contributed by atoms with Crippen LogP contribution in [-0.4, -0.2) is 64.8 Å². The predicted octanol–water partition coefficient (Wildman–Crippen LogP) is -2.72. The molecule has 0 amide bonds. The fourth-order valence-electron chi connectivity index (χ4n) is 0.885. The Hall–Kier alpha value is -0.530. The summed E-state index contributed by atoms with van der Waals surface area (Å²) < 4.78 is 4.59. The summed E-state index contributed by atoms with van der Waals surface area (Å²) in [6.45, 7) is -0.674. The van der Waals surface area contributed by atoms with E-state index in [1.165, 1.54) is 7.11 Å². The highest BCUT2D eigenvalue weighted by atomic mass is 16.5. The Labute approximate surface area is 75.4 Å². The van der Waals surface area contributed by atoms with E-state index < -0.39 is 31.0 Å². The minimum Gasteiger partial charge on any atom is -0.394 e. The summed E-state index contributed by atoms with van der Waals surface area (Å²) >= 11 is 0. The Kier molecular flexibility index (Phi) is 5.76. The number of ether oxygens (including phenoxy) is 1. The van der Waals surface area contributed by atoms with E-state index >= 15 is 0 Å². The molecule has 0 aromatic rings. The number of hydrogen-bond acceptors (Lipinski definition) is 6. The van der Waals surface area contributed by atoms with Crippen molar-refractivity contribution >= 4 is 6.29 Å². The minimum atomic E-state index is -1.53. The van der Waals surface area contributed by atoms with Gasteiger partial charge in [0.15, 0.2) is 6.29 Å². The Morgan fingerprint density at radius 2 is 1.92 bits per heavy atom. The molecule has 0 fully saturated rings. The van der Waals surface area contributed by atoms with E-state index in [9.17, 15) is 9.90 Å². The first-order chi connectivity index (χ1) is 6.08. The average Bonchev–Trinajstić information content (AvgIpc) is 2.17. The molecule has 0 saturated carbocycles. The Morgan fingerprint density at radius 3 is 2.23 bits per heavy atom. The molecule has 0 rings (SSSR count). The zero-order valence-corrected chi connectivity index (χ0v) is 7.20. The highest BCUT2D eigenvalue weighted by Gasteiger charge is 2.31. The molecule has 0 radical (unpaired) electrons. The third-order valence-electron chi connectivity index (χ3n) is 1.67. The van der Waals surface area contributed by atoms with Crippen molar-refractivity contribution in [3.05, 3.63) is 0 Å². The summed E-state index contributed by atoms with van der Waals surface area (Å²) in [5.41, 5.74) is 0. The maximum Gasteiger partial charge on any atom is 0.151 e. The van der Waals surface area contributed by atoms with Crippen LogP contribution in [0.5, 0.6) is 0 Å². The van der Waals surface area contributed by atoms with Gasteiger partial charge in [-0.25, -0.2) is 0 Å². The zero-order chi connectivity index (χ0) is 10.4. The van der Waals surface area contributed by atoms with Crippen molar-refractivity contribution < 1.29 is 30.0 Å². The van der Waals surface area contributed by atoms with Gasteiger partial charge in [-0.05, 0) is 0 Å². The number of methoxy groups -OCH3 is 1. The largest absolute Gasteiger partial charge is 0.394 e. The fourth-order valence-corrected chi connectivity index (χ4v) is 0.885. The monoisotopic (exact) mass is 194 g/mol. The summed E-state index contributed by atoms with van der Waals surface area (Å²) in [5.74, 6) is 0. The van der Waals surface area contributed by atoms with Crippen LogP contribution in [0, 0.1) is 0 Å². The second-order valence-electron chi connectivity index (χ2n) is 2.57. The van der Waals surface area contributed by atoms with Crippen LogP contribution in [0.3, 0.4) is 0 Å². The number of aldehydes is 1. The summed E-state index contributed by atoms with van der Waals surface area (Å²) in [7, 11) is 1.17. The SMILES string of the molecule is CO[C@H]([C@@H](O)[C@@H](O)CO)[C@H](O)C=O. The molecule has 78 valence electrons. The molecule has 0 heterocycles. The van der Waals surface area contributed by atoms with Gasteiger partial charge in [0.2, 0.25) is 0 Å². The quantitative estimate of drug-likeness (QED) is 0.342. The first-order valence-electron chi connectivity index (χ1n) is 3.71. The van der Waals surface area contributed by atoms with Crippen LogP contribution in [0.25, 0.3) is 0 Å². The van der Waals surface area contributed by atoms with Gasteiger partial charge >= 0.3 is 0 Å². The van der Waals surface area contributed by atoms with Crippen LogP contribution in [0.1, 0.15) is 0 Å². The molecular weight excluding hydrogens is 180 g/mol. The Balaban J connectivity index is 4.29. The molecule has 6 heteroatoms. The molecule has 0 aliphatic heterocycles. The smallest absolute Gasteiger partial charge is 0.151 e. The molecule has 0 saturated heterocycles. The van der Waals surface area contributed by atoms with E-state index in [4.69, 9.17) is 15.3 Å². The maximum absolute atomic E-state index is 10.1. The lowest BCUT2D eigenvalue weighted by Crippen LogP contribution is -2.47. The molecular formula is C7H14O6. The van der Waals surface area contributed by atoms with Crippen molar-refractivity contribution in [1.29, 1.82) is 0 Å². The summed E-state index contributed by atoms with van der Waals surface area (Å²) in [5, 5.41) is 35.6. The lowest BCUT2D eigenvalue weighted by atomic mass is 10.0. The summed E-state index contributed by atoms with van der Waals surface area (Å²) in [6.07, 6.45) is -5.53. The van der Waals surface area contributed by atoms with Crippen molar-refractivity contribution in [2.24, 2.45) is 0 Å². The number of carbonyl (C=O) groups is 1. The summed E-state index contributed by atoms with van der Waals surface area (Å²) in [4.78, 5) is 10.1. The Bertz CT molecular complexity index is 150. The van der Waals surface area contributed by atoms with Gasteiger partial charge in [-0.15, -0.1) is 0 Å². The van der Waals surface area contributed by atoms with E-state index in [-0.39, 0.29) is 6.29 Å². The molecule has 0 spiro atoms. The van der Waals surface area contributed by atoms with Crippen molar-refractivity contribution in [3.8, 4) is 0 Å². The van der Waals surface area contributed by atoms with Crippen molar-refractivity contribution in [2.45, 2.75) is 24.4 Å². The van der Waals surface area contributed by atoms with E-state index in [2.05, 4.69) is 4.74 Å². The number of hydrogen-bond donors (Lipinski definition) is 4. The molecule has 0 aromatic heterocycles. The number of aliphatic hydroxyl groups is 4. The second kappa shape index (κ2) is 6.01. The molecule has 13 heavy (non-hydrogen) atoms. The predicted molar refractivity (Wildman–Crippen MR) is 42.0 cm³/mol. The second-order valence-corrected chi connectivity index (χ2v) is 2.57. The number of carbonyl (C=O) groups excluding carboxylic acids is 1. The fraction of sp³-hybridized carbons (Fsp3) is 0.857. The lowest BCUT2D eigenvalue weighted by Gasteiger charge is -2.25. The Morgan fingerprint density at radius 1 is 1.38 bits per heavy atom. The van der Waals surface area contributed by atoms with Crippen LogP contribution in [0.15, 0.2) is 0 Å². The molecule has 6 nitrogen and oxygen atoms in total. The van der Waals surface area contributed by atoms with Gasteiger partial charge in [0.25, 0.3) is 0 Å². The highest BCUT2D eigenvalue weighted by Crippen LogP contribution is 2.07. The molecule has 0 bridgehead atoms. The lowest BCUT2D eigenvalue weighted by molar-refractivity contribution is -0.143. The third-order valence-corrected chi connectivity index (χ3v) is 1.67. The number of rotatable bonds is 6. The van der Waals surface area contributed by atoms with Crippen LogP contribution in [0.4, 0.5) is 0 Å². The molecule has 0 aromatic carbocycles. The molecule has 0 aliphatic carbocycles. The van der Waals surface area contributed by atoms with E-state index in [1.807, 2.05) is 0 Å². The van der Waals surface area contributed by atoms with Gasteiger partial charge in [-0.1, -0.05) is 0 Å². The van der Waals surface area contributed by atoms with Crippen LogP contribution in [-0.2, 0) is 9.53 Å². The third kappa shape index (κ3) is 3.37. The van der Waals surface area contributed by atoms with Gasteiger partial charge in [0.1, 0.15) is 24.4 Å². The van der Waals surface area contributed by atoms with Gasteiger partial charge in [0, 0.05) is 7.11 Å². The molecule has 0 aliphatic rings. The standard InChI is InChI=1S/C7H14O6/c1-13-7(5(11)3-9)6(12)4(10)2-8/h3-8,10-12H,2H2,1H3/t4-,5+,6-,7-/m0/s1. The average molecular weight is 194 g/mol. The topological polar surface area (TPSA) is 107 Å². The zero-order valence-electron chi connectivity index (χ0n) is 7.20. The van der Waals surface area contributed by atoms with E-state index in [0.29, 0.717) is 0 Å². The normalized spacial score (nSPS) is 20.4.